The Morgan fingerprint density at radius 2 is 2.17 bits per heavy atom. The van der Waals surface area contributed by atoms with E-state index >= 15 is 0 Å². The second-order valence-electron chi connectivity index (χ2n) is 5.26. The minimum atomic E-state index is -0.481. The van der Waals surface area contributed by atoms with Gasteiger partial charge in [0.15, 0.2) is 0 Å². The van der Waals surface area contributed by atoms with Gasteiger partial charge in [0.1, 0.15) is 5.65 Å². The van der Waals surface area contributed by atoms with Crippen LogP contribution in [0.15, 0.2) is 42.7 Å². The van der Waals surface area contributed by atoms with Crippen LogP contribution < -0.4 is 5.73 Å². The van der Waals surface area contributed by atoms with E-state index in [1.54, 1.807) is 18.5 Å². The molecule has 1 amide bonds. The molecule has 0 aliphatic heterocycles. The number of aromatic nitrogens is 2. The van der Waals surface area contributed by atoms with Crippen molar-refractivity contribution in [2.75, 3.05) is 0 Å². The second-order valence-corrected chi connectivity index (χ2v) is 5.67. The van der Waals surface area contributed by atoms with Crippen LogP contribution in [0, 0.1) is 0 Å². The van der Waals surface area contributed by atoms with Gasteiger partial charge in [-0.15, -0.1) is 0 Å². The molecule has 0 aliphatic rings. The van der Waals surface area contributed by atoms with E-state index < -0.39 is 5.91 Å². The quantitative estimate of drug-likeness (QED) is 0.713. The van der Waals surface area contributed by atoms with Crippen molar-refractivity contribution < 1.29 is 4.79 Å². The number of carbonyl (C=O) groups is 1. The maximum absolute atomic E-state index is 10.9. The van der Waals surface area contributed by atoms with E-state index in [-0.39, 0.29) is 0 Å². The average Bonchev–Trinajstić information content (AvgIpc) is 2.95. The Kier molecular flexibility index (Phi) is 4.17. The summed E-state index contributed by atoms with van der Waals surface area (Å²) >= 11 is 6.30. The number of H-pyrrole nitrogens is 1. The van der Waals surface area contributed by atoms with E-state index in [1.165, 1.54) is 6.08 Å². The molecule has 0 saturated heterocycles. The smallest absolute Gasteiger partial charge is 0.241 e. The van der Waals surface area contributed by atoms with Crippen molar-refractivity contribution in [3.05, 3.63) is 58.9 Å². The van der Waals surface area contributed by atoms with Gasteiger partial charge in [-0.25, -0.2) is 4.98 Å². The van der Waals surface area contributed by atoms with Gasteiger partial charge in [0.2, 0.25) is 5.91 Å². The number of nitrogens with one attached hydrogen (secondary N) is 1. The molecule has 1 aromatic carbocycles. The van der Waals surface area contributed by atoms with E-state index in [0.717, 1.165) is 44.7 Å². The predicted octanol–water partition coefficient (Wildman–Crippen LogP) is 3.94. The number of nitrogens with two attached hydrogens (primary N) is 1. The molecular weight excluding hydrogens is 310 g/mol. The molecule has 3 aromatic rings. The number of benzene rings is 1. The molecule has 0 spiro atoms. The summed E-state index contributed by atoms with van der Waals surface area (Å²) in [4.78, 5) is 18.4. The number of hydrogen-bond acceptors (Lipinski definition) is 2. The van der Waals surface area contributed by atoms with Crippen molar-refractivity contribution in [1.29, 1.82) is 0 Å². The zero-order chi connectivity index (χ0) is 16.4. The van der Waals surface area contributed by atoms with Crippen LogP contribution in [-0.4, -0.2) is 15.9 Å². The van der Waals surface area contributed by atoms with Crippen LogP contribution in [0.4, 0.5) is 0 Å². The molecule has 0 aliphatic carbocycles. The van der Waals surface area contributed by atoms with E-state index in [1.807, 2.05) is 24.3 Å². The topological polar surface area (TPSA) is 71.8 Å². The summed E-state index contributed by atoms with van der Waals surface area (Å²) in [5.74, 6) is -0.481. The molecule has 0 bridgehead atoms. The van der Waals surface area contributed by atoms with Gasteiger partial charge < -0.3 is 10.7 Å². The maximum atomic E-state index is 10.9. The van der Waals surface area contributed by atoms with Crippen LogP contribution in [0.5, 0.6) is 0 Å². The fourth-order valence-electron chi connectivity index (χ4n) is 2.50. The third-order valence-electron chi connectivity index (χ3n) is 3.76. The van der Waals surface area contributed by atoms with Gasteiger partial charge >= 0.3 is 0 Å². The van der Waals surface area contributed by atoms with Crippen molar-refractivity contribution >= 4 is 34.6 Å². The van der Waals surface area contributed by atoms with Crippen LogP contribution in [0.3, 0.4) is 0 Å². The zero-order valence-corrected chi connectivity index (χ0v) is 13.4. The Balaban J connectivity index is 2.07. The molecule has 0 radical (unpaired) electrons. The highest BCUT2D eigenvalue weighted by Crippen LogP contribution is 2.28. The summed E-state index contributed by atoms with van der Waals surface area (Å²) in [5.41, 5.74) is 9.87. The number of fused-ring (bicyclic) bond motifs is 1. The number of amides is 1. The van der Waals surface area contributed by atoms with Gasteiger partial charge in [0.25, 0.3) is 0 Å². The highest BCUT2D eigenvalue weighted by atomic mass is 35.5. The van der Waals surface area contributed by atoms with Crippen LogP contribution in [-0.2, 0) is 11.2 Å². The number of hydrogen-bond donors (Lipinski definition) is 2. The summed E-state index contributed by atoms with van der Waals surface area (Å²) in [6.45, 7) is 2.08. The van der Waals surface area contributed by atoms with Gasteiger partial charge in [0.05, 0.1) is 0 Å². The molecule has 0 saturated carbocycles. The van der Waals surface area contributed by atoms with Crippen molar-refractivity contribution in [2.24, 2.45) is 5.73 Å². The summed E-state index contributed by atoms with van der Waals surface area (Å²) in [6.07, 6.45) is 7.52. The molecule has 2 aromatic heterocycles. The Morgan fingerprint density at radius 3 is 2.87 bits per heavy atom. The number of halogens is 1. The zero-order valence-electron chi connectivity index (χ0n) is 12.6. The largest absolute Gasteiger partial charge is 0.366 e. The van der Waals surface area contributed by atoms with Gasteiger partial charge in [-0.2, -0.15) is 0 Å². The number of nitrogens with zero attached hydrogens (tertiary/aromatic N) is 1. The monoisotopic (exact) mass is 325 g/mol. The first-order valence-electron chi connectivity index (χ1n) is 7.32. The molecule has 2 heterocycles. The highest BCUT2D eigenvalue weighted by molar-refractivity contribution is 6.31. The molecule has 3 N–H and O–H groups in total. The second kappa shape index (κ2) is 6.26. The maximum Gasteiger partial charge on any atom is 0.241 e. The van der Waals surface area contributed by atoms with E-state index in [4.69, 9.17) is 17.3 Å². The Hall–Kier alpha value is -2.59. The standard InChI is InChI=1S/C18H16ClN3O/c1-2-11-3-4-12(8-16(11)19)14-7-15-13(5-6-17(20)23)9-21-18(15)22-10-14/h3-10H,2H2,1H3,(H2,20,23)(H,21,22)/b6-5+. The van der Waals surface area contributed by atoms with Crippen molar-refractivity contribution in [1.82, 2.24) is 9.97 Å². The average molecular weight is 326 g/mol. The molecule has 23 heavy (non-hydrogen) atoms. The summed E-state index contributed by atoms with van der Waals surface area (Å²) in [6, 6.07) is 8.05. The summed E-state index contributed by atoms with van der Waals surface area (Å²) in [5, 5.41) is 1.68. The number of aryl methyl sites for hydroxylation is 1. The van der Waals surface area contributed by atoms with Gasteiger partial charge in [-0.05, 0) is 35.8 Å². The molecule has 3 rings (SSSR count). The van der Waals surface area contributed by atoms with Crippen molar-refractivity contribution in [3.8, 4) is 11.1 Å². The third-order valence-corrected chi connectivity index (χ3v) is 4.11. The first-order chi connectivity index (χ1) is 11.1. The fourth-order valence-corrected chi connectivity index (χ4v) is 2.82. The molecule has 0 unspecified atom stereocenters. The highest BCUT2D eigenvalue weighted by Gasteiger charge is 2.07. The molecule has 5 heteroatoms. The van der Waals surface area contributed by atoms with Crippen molar-refractivity contribution in [2.45, 2.75) is 13.3 Å². The lowest BCUT2D eigenvalue weighted by molar-refractivity contribution is -0.113. The van der Waals surface area contributed by atoms with Crippen LogP contribution in [0.2, 0.25) is 5.02 Å². The van der Waals surface area contributed by atoms with E-state index in [2.05, 4.69) is 16.9 Å². The minimum Gasteiger partial charge on any atom is -0.366 e. The van der Waals surface area contributed by atoms with Gasteiger partial charge in [-0.1, -0.05) is 30.7 Å². The van der Waals surface area contributed by atoms with Crippen molar-refractivity contribution in [3.63, 3.8) is 0 Å². The molecule has 4 nitrogen and oxygen atoms in total. The minimum absolute atomic E-state index is 0.481. The first kappa shape index (κ1) is 15.3. The number of rotatable bonds is 4. The lowest BCUT2D eigenvalue weighted by Crippen LogP contribution is -2.04. The molecular formula is C18H16ClN3O. The van der Waals surface area contributed by atoms with Crippen LogP contribution in [0.1, 0.15) is 18.1 Å². The number of primary amides is 1. The number of aromatic amines is 1. The first-order valence-corrected chi connectivity index (χ1v) is 7.69. The normalized spacial score (nSPS) is 11.4. The van der Waals surface area contributed by atoms with E-state index in [0.29, 0.717) is 0 Å². The summed E-state index contributed by atoms with van der Waals surface area (Å²) < 4.78 is 0. The molecule has 116 valence electrons. The fraction of sp³-hybridized carbons (Fsp3) is 0.111. The van der Waals surface area contributed by atoms with E-state index in [9.17, 15) is 4.79 Å². The van der Waals surface area contributed by atoms with Crippen LogP contribution >= 0.6 is 11.6 Å². The number of carbonyl (C=O) groups excluding carboxylic acids is 1. The van der Waals surface area contributed by atoms with Crippen LogP contribution in [0.25, 0.3) is 28.2 Å². The lowest BCUT2D eigenvalue weighted by atomic mass is 10.0. The Morgan fingerprint density at radius 1 is 1.35 bits per heavy atom. The third kappa shape index (κ3) is 3.12. The van der Waals surface area contributed by atoms with Gasteiger partial charge in [-0.3, -0.25) is 4.79 Å². The molecule has 0 fully saturated rings. The Bertz CT molecular complexity index is 912. The predicted molar refractivity (Wildman–Crippen MR) is 94.1 cm³/mol. The summed E-state index contributed by atoms with van der Waals surface area (Å²) in [7, 11) is 0. The van der Waals surface area contributed by atoms with Gasteiger partial charge in [0, 0.05) is 40.0 Å². The Labute approximate surface area is 139 Å². The SMILES string of the molecule is CCc1ccc(-c2cnc3[nH]cc(/C=C/C(N)=O)c3c2)cc1Cl. The number of pyridine rings is 1. The lowest BCUT2D eigenvalue weighted by Gasteiger charge is -2.06. The molecule has 0 atom stereocenters.